The molecule has 1 amide bonds. The molecule has 130 valence electrons. The van der Waals surface area contributed by atoms with Gasteiger partial charge in [0.1, 0.15) is 17.7 Å². The molecule has 9 heteroatoms. The number of esters is 1. The molecule has 8 nitrogen and oxygen atoms in total. The van der Waals surface area contributed by atoms with Crippen LogP contribution in [0.2, 0.25) is 0 Å². The quantitative estimate of drug-likeness (QED) is 0.656. The Morgan fingerprint density at radius 2 is 2.24 bits per heavy atom. The van der Waals surface area contributed by atoms with Gasteiger partial charge in [0, 0.05) is 6.61 Å². The van der Waals surface area contributed by atoms with E-state index < -0.39 is 0 Å². The number of carbonyl (C=O) groups is 2. The van der Waals surface area contributed by atoms with Crippen LogP contribution in [-0.2, 0) is 14.3 Å². The smallest absolute Gasteiger partial charge is 0.331 e. The number of nitrogens with one attached hydrogen (secondary N) is 1. The monoisotopic (exact) mass is 360 g/mol. The van der Waals surface area contributed by atoms with E-state index in [9.17, 15) is 9.59 Å². The molecule has 1 atom stereocenters. The first kappa shape index (κ1) is 16.0. The molecule has 0 radical (unpaired) electrons. The van der Waals surface area contributed by atoms with Gasteiger partial charge in [-0.1, -0.05) is 23.5 Å². The van der Waals surface area contributed by atoms with Crippen molar-refractivity contribution in [2.45, 2.75) is 18.9 Å². The minimum atomic E-state index is -0.386. The second-order valence-electron chi connectivity index (χ2n) is 5.79. The van der Waals surface area contributed by atoms with E-state index in [1.807, 2.05) is 12.1 Å². The molecule has 1 aromatic heterocycles. The van der Waals surface area contributed by atoms with E-state index in [0.717, 1.165) is 30.1 Å². The summed E-state index contributed by atoms with van der Waals surface area (Å²) in [7, 11) is 0. The number of benzene rings is 1. The highest BCUT2D eigenvalue weighted by Gasteiger charge is 2.26. The zero-order valence-corrected chi connectivity index (χ0v) is 14.1. The number of ether oxygens (including phenoxy) is 2. The Bertz CT molecular complexity index is 803. The minimum Gasteiger partial charge on any atom is -0.423 e. The molecule has 3 heterocycles. The third-order valence-corrected chi connectivity index (χ3v) is 4.91. The van der Waals surface area contributed by atoms with Gasteiger partial charge in [-0.3, -0.25) is 10.1 Å². The van der Waals surface area contributed by atoms with Crippen LogP contribution in [0, 0.1) is 0 Å². The predicted octanol–water partition coefficient (Wildman–Crippen LogP) is 1.75. The van der Waals surface area contributed by atoms with E-state index in [1.165, 1.54) is 11.3 Å². The van der Waals surface area contributed by atoms with E-state index >= 15 is 0 Å². The Morgan fingerprint density at radius 1 is 1.36 bits per heavy atom. The third kappa shape index (κ3) is 3.47. The van der Waals surface area contributed by atoms with Crippen molar-refractivity contribution in [2.24, 2.45) is 0 Å². The Kier molecular flexibility index (Phi) is 4.33. The molecule has 1 N–H and O–H groups in total. The highest BCUT2D eigenvalue weighted by molar-refractivity contribution is 7.15. The van der Waals surface area contributed by atoms with Crippen molar-refractivity contribution in [3.8, 4) is 5.75 Å². The van der Waals surface area contributed by atoms with Crippen LogP contribution in [0.1, 0.15) is 24.0 Å². The standard InChI is InChI=1S/C16H16N4O4S/c21-13(17-16-19-18-15(25-16)12-6-3-7-23-12)8-20-9-14(22)24-11-5-2-1-4-10(11)20/h1-2,4-5,12H,3,6-9H2,(H,17,19,21)/t12-/m0/s1. The number of aromatic nitrogens is 2. The summed E-state index contributed by atoms with van der Waals surface area (Å²) in [6.45, 7) is 0.791. The average molecular weight is 360 g/mol. The first-order valence-corrected chi connectivity index (χ1v) is 8.80. The molecule has 2 aliphatic rings. The first-order chi connectivity index (χ1) is 12.2. The molecule has 4 rings (SSSR count). The van der Waals surface area contributed by atoms with Crippen molar-refractivity contribution in [1.82, 2.24) is 10.2 Å². The zero-order valence-electron chi connectivity index (χ0n) is 13.3. The summed E-state index contributed by atoms with van der Waals surface area (Å²) < 4.78 is 10.7. The van der Waals surface area contributed by atoms with Gasteiger partial charge in [-0.15, -0.1) is 10.2 Å². The van der Waals surface area contributed by atoms with E-state index in [4.69, 9.17) is 9.47 Å². The number of carbonyl (C=O) groups excluding carboxylic acids is 2. The van der Waals surface area contributed by atoms with Gasteiger partial charge in [0.2, 0.25) is 11.0 Å². The van der Waals surface area contributed by atoms with Crippen LogP contribution in [0.15, 0.2) is 24.3 Å². The van der Waals surface area contributed by atoms with Crippen molar-refractivity contribution in [1.29, 1.82) is 0 Å². The van der Waals surface area contributed by atoms with Crippen LogP contribution in [0.3, 0.4) is 0 Å². The van der Waals surface area contributed by atoms with Crippen LogP contribution < -0.4 is 15.0 Å². The molecule has 0 saturated carbocycles. The molecule has 1 saturated heterocycles. The van der Waals surface area contributed by atoms with Crippen LogP contribution in [0.25, 0.3) is 0 Å². The maximum Gasteiger partial charge on any atom is 0.331 e. The molecule has 25 heavy (non-hydrogen) atoms. The Labute approximate surface area is 147 Å². The third-order valence-electron chi connectivity index (χ3n) is 3.98. The van der Waals surface area contributed by atoms with Crippen molar-refractivity contribution in [3.05, 3.63) is 29.3 Å². The summed E-state index contributed by atoms with van der Waals surface area (Å²) in [4.78, 5) is 25.7. The van der Waals surface area contributed by atoms with Crippen LogP contribution >= 0.6 is 11.3 Å². The lowest BCUT2D eigenvalue weighted by Gasteiger charge is -2.28. The van der Waals surface area contributed by atoms with Crippen LogP contribution in [0.4, 0.5) is 10.8 Å². The molecule has 0 unspecified atom stereocenters. The minimum absolute atomic E-state index is 0.0214. The molecule has 0 aliphatic carbocycles. The lowest BCUT2D eigenvalue weighted by Crippen LogP contribution is -2.41. The van der Waals surface area contributed by atoms with Crippen molar-refractivity contribution in [2.75, 3.05) is 29.9 Å². The number of amides is 1. The molecule has 2 aliphatic heterocycles. The molecule has 1 aromatic carbocycles. The Morgan fingerprint density at radius 3 is 3.08 bits per heavy atom. The highest BCUT2D eigenvalue weighted by Crippen LogP contribution is 2.33. The van der Waals surface area contributed by atoms with Gasteiger partial charge in [-0.25, -0.2) is 4.79 Å². The Hall–Kier alpha value is -2.52. The normalized spacial score (nSPS) is 19.4. The lowest BCUT2D eigenvalue weighted by atomic mass is 10.2. The average Bonchev–Trinajstić information content (AvgIpc) is 3.25. The maximum atomic E-state index is 12.3. The summed E-state index contributed by atoms with van der Waals surface area (Å²) in [6, 6.07) is 7.14. The number of hydrogen-bond acceptors (Lipinski definition) is 8. The fourth-order valence-corrected chi connectivity index (χ4v) is 3.71. The number of anilines is 2. The molecular weight excluding hydrogens is 344 g/mol. The number of fused-ring (bicyclic) bond motifs is 1. The van der Waals surface area contributed by atoms with Crippen LogP contribution in [0.5, 0.6) is 5.75 Å². The Balaban J connectivity index is 1.42. The number of nitrogens with zero attached hydrogens (tertiary/aromatic N) is 3. The number of rotatable bonds is 4. The summed E-state index contributed by atoms with van der Waals surface area (Å²) >= 11 is 1.32. The fourth-order valence-electron chi connectivity index (χ4n) is 2.86. The number of hydrogen-bond donors (Lipinski definition) is 1. The molecule has 1 fully saturated rings. The highest BCUT2D eigenvalue weighted by atomic mass is 32.1. The lowest BCUT2D eigenvalue weighted by molar-refractivity contribution is -0.133. The van der Waals surface area contributed by atoms with Gasteiger partial charge in [-0.05, 0) is 25.0 Å². The zero-order chi connectivity index (χ0) is 17.2. The van der Waals surface area contributed by atoms with Crippen molar-refractivity contribution in [3.63, 3.8) is 0 Å². The molecular formula is C16H16N4O4S. The van der Waals surface area contributed by atoms with Gasteiger partial charge < -0.3 is 14.4 Å². The van der Waals surface area contributed by atoms with Gasteiger partial charge in [-0.2, -0.15) is 0 Å². The van der Waals surface area contributed by atoms with E-state index in [0.29, 0.717) is 10.9 Å². The molecule has 0 bridgehead atoms. The SMILES string of the molecule is O=C(CN1CC(=O)Oc2ccccc21)Nc1nnc([C@@H]2CCCO2)s1. The first-order valence-electron chi connectivity index (χ1n) is 7.98. The van der Waals surface area contributed by atoms with Crippen molar-refractivity contribution >= 4 is 34.0 Å². The molecule has 0 spiro atoms. The second kappa shape index (κ2) is 6.77. The topological polar surface area (TPSA) is 93.7 Å². The second-order valence-corrected chi connectivity index (χ2v) is 6.80. The van der Waals surface area contributed by atoms with Crippen molar-refractivity contribution < 1.29 is 19.1 Å². The summed E-state index contributed by atoms with van der Waals surface area (Å²) in [5.41, 5.74) is 0.717. The molecule has 2 aromatic rings. The van der Waals surface area contributed by atoms with E-state index in [-0.39, 0.29) is 31.1 Å². The predicted molar refractivity (Wildman–Crippen MR) is 90.8 cm³/mol. The van der Waals surface area contributed by atoms with E-state index in [1.54, 1.807) is 17.0 Å². The number of para-hydroxylation sites is 2. The van der Waals surface area contributed by atoms with Gasteiger partial charge in [0.25, 0.3) is 0 Å². The van der Waals surface area contributed by atoms with Gasteiger partial charge in [0.15, 0.2) is 5.75 Å². The maximum absolute atomic E-state index is 12.3. The summed E-state index contributed by atoms with van der Waals surface area (Å²) in [5.74, 6) is -0.189. The fraction of sp³-hybridized carbons (Fsp3) is 0.375. The largest absolute Gasteiger partial charge is 0.423 e. The van der Waals surface area contributed by atoms with Gasteiger partial charge in [0.05, 0.1) is 12.2 Å². The van der Waals surface area contributed by atoms with Crippen LogP contribution in [-0.4, -0.2) is 41.8 Å². The van der Waals surface area contributed by atoms with Gasteiger partial charge >= 0.3 is 5.97 Å². The summed E-state index contributed by atoms with van der Waals surface area (Å²) in [6.07, 6.45) is 1.91. The van der Waals surface area contributed by atoms with E-state index in [2.05, 4.69) is 15.5 Å². The summed E-state index contributed by atoms with van der Waals surface area (Å²) in [5, 5.41) is 12.0.